The number of hydrogen-bond acceptors (Lipinski definition) is 7. The van der Waals surface area contributed by atoms with E-state index in [0.29, 0.717) is 30.3 Å². The Morgan fingerprint density at radius 3 is 2.65 bits per heavy atom. The van der Waals surface area contributed by atoms with Crippen molar-refractivity contribution in [3.8, 4) is 23.0 Å². The van der Waals surface area contributed by atoms with Crippen molar-refractivity contribution < 1.29 is 17.4 Å². The Balaban J connectivity index is 1.52. The Labute approximate surface area is 184 Å². The van der Waals surface area contributed by atoms with Crippen molar-refractivity contribution in [1.82, 2.24) is 14.4 Å². The SMILES string of the molecule is Cc1cccc(-c2noc(-c3oc4ccc(S(=O)(=O)N5CCSCC5)cc4c3C)n2)c1. The third kappa shape index (κ3) is 3.66. The molecule has 0 aliphatic carbocycles. The molecule has 4 aromatic rings. The molecule has 5 rings (SSSR count). The van der Waals surface area contributed by atoms with Crippen LogP contribution < -0.4 is 0 Å². The highest BCUT2D eigenvalue weighted by Crippen LogP contribution is 2.35. The van der Waals surface area contributed by atoms with Crippen LogP contribution >= 0.6 is 11.8 Å². The molecular weight excluding hydrogens is 434 g/mol. The standard InChI is InChI=1S/C22H21N3O4S2/c1-14-4-3-5-16(12-14)21-23-22(29-24-21)20-15(2)18-13-17(6-7-19(18)28-20)31(26,27)25-8-10-30-11-9-25/h3-7,12-13H,8-11H2,1-2H3. The maximum absolute atomic E-state index is 13.1. The summed E-state index contributed by atoms with van der Waals surface area (Å²) in [6.07, 6.45) is 0. The van der Waals surface area contributed by atoms with Crippen molar-refractivity contribution in [2.45, 2.75) is 18.7 Å². The van der Waals surface area contributed by atoms with Crippen LogP contribution in [0.15, 0.2) is 56.3 Å². The molecule has 2 aromatic heterocycles. The second kappa shape index (κ2) is 7.81. The van der Waals surface area contributed by atoms with Gasteiger partial charge >= 0.3 is 0 Å². The van der Waals surface area contributed by atoms with Gasteiger partial charge in [-0.05, 0) is 38.1 Å². The molecule has 2 aromatic carbocycles. The maximum atomic E-state index is 13.1. The van der Waals surface area contributed by atoms with E-state index in [4.69, 9.17) is 8.94 Å². The summed E-state index contributed by atoms with van der Waals surface area (Å²) in [5, 5.41) is 4.80. The summed E-state index contributed by atoms with van der Waals surface area (Å²) in [5.41, 5.74) is 3.30. The van der Waals surface area contributed by atoms with Crippen molar-refractivity contribution in [1.29, 1.82) is 0 Å². The van der Waals surface area contributed by atoms with E-state index in [2.05, 4.69) is 10.1 Å². The van der Waals surface area contributed by atoms with Crippen LogP contribution in [0.1, 0.15) is 11.1 Å². The largest absolute Gasteiger partial charge is 0.451 e. The smallest absolute Gasteiger partial charge is 0.294 e. The molecule has 1 aliphatic rings. The van der Waals surface area contributed by atoms with Crippen LogP contribution in [0, 0.1) is 13.8 Å². The molecule has 1 fully saturated rings. The first-order valence-corrected chi connectivity index (χ1v) is 12.5. The zero-order chi connectivity index (χ0) is 21.6. The summed E-state index contributed by atoms with van der Waals surface area (Å²) in [7, 11) is -3.53. The highest BCUT2D eigenvalue weighted by atomic mass is 32.2. The Kier molecular flexibility index (Phi) is 5.11. The summed E-state index contributed by atoms with van der Waals surface area (Å²) < 4.78 is 39.1. The molecule has 9 heteroatoms. The van der Waals surface area contributed by atoms with E-state index in [0.717, 1.165) is 33.6 Å². The topological polar surface area (TPSA) is 89.4 Å². The van der Waals surface area contributed by atoms with Crippen LogP contribution in [0.2, 0.25) is 0 Å². The first kappa shape index (κ1) is 20.3. The zero-order valence-electron chi connectivity index (χ0n) is 17.2. The lowest BCUT2D eigenvalue weighted by atomic mass is 10.1. The predicted molar refractivity (Wildman–Crippen MR) is 120 cm³/mol. The summed E-state index contributed by atoms with van der Waals surface area (Å²) in [4.78, 5) is 4.76. The zero-order valence-corrected chi connectivity index (χ0v) is 18.8. The number of thioether (sulfide) groups is 1. The Morgan fingerprint density at radius 2 is 1.87 bits per heavy atom. The van der Waals surface area contributed by atoms with E-state index in [9.17, 15) is 8.42 Å². The predicted octanol–water partition coefficient (Wildman–Crippen LogP) is 4.50. The van der Waals surface area contributed by atoms with Gasteiger partial charge in [0.05, 0.1) is 4.90 Å². The molecule has 1 saturated heterocycles. The molecule has 0 radical (unpaired) electrons. The van der Waals surface area contributed by atoms with Crippen molar-refractivity contribution in [2.24, 2.45) is 0 Å². The Morgan fingerprint density at radius 1 is 1.06 bits per heavy atom. The number of benzene rings is 2. The molecule has 1 aliphatic heterocycles. The van der Waals surface area contributed by atoms with Crippen LogP contribution in [0.4, 0.5) is 0 Å². The number of hydrogen-bond donors (Lipinski definition) is 0. The van der Waals surface area contributed by atoms with E-state index in [1.807, 2.05) is 38.1 Å². The van der Waals surface area contributed by atoms with Crippen molar-refractivity contribution in [3.05, 3.63) is 53.6 Å². The minimum absolute atomic E-state index is 0.266. The molecule has 0 atom stereocenters. The minimum Gasteiger partial charge on any atom is -0.451 e. The van der Waals surface area contributed by atoms with Crippen LogP contribution in [0.5, 0.6) is 0 Å². The van der Waals surface area contributed by atoms with Gasteiger partial charge in [-0.2, -0.15) is 21.1 Å². The average molecular weight is 456 g/mol. The van der Waals surface area contributed by atoms with Crippen LogP contribution in [-0.4, -0.2) is 47.5 Å². The molecule has 7 nitrogen and oxygen atoms in total. The minimum atomic E-state index is -3.53. The van der Waals surface area contributed by atoms with Gasteiger partial charge in [-0.15, -0.1) is 0 Å². The quantitative estimate of drug-likeness (QED) is 0.447. The molecule has 0 spiro atoms. The molecule has 0 N–H and O–H groups in total. The molecular formula is C22H21N3O4S2. The first-order valence-electron chi connectivity index (χ1n) is 9.96. The third-order valence-corrected chi connectivity index (χ3v) is 8.25. The molecule has 0 unspecified atom stereocenters. The molecule has 0 bridgehead atoms. The van der Waals surface area contributed by atoms with E-state index in [1.54, 1.807) is 34.3 Å². The van der Waals surface area contributed by atoms with Crippen molar-refractivity contribution >= 4 is 32.8 Å². The van der Waals surface area contributed by atoms with Crippen molar-refractivity contribution in [3.63, 3.8) is 0 Å². The number of aryl methyl sites for hydroxylation is 2. The second-order valence-corrected chi connectivity index (χ2v) is 10.7. The van der Waals surface area contributed by atoms with Gasteiger partial charge in [0, 0.05) is 41.1 Å². The number of nitrogens with zero attached hydrogens (tertiary/aromatic N) is 3. The summed E-state index contributed by atoms with van der Waals surface area (Å²) in [6.45, 7) is 4.93. The fourth-order valence-corrected chi connectivity index (χ4v) is 6.32. The second-order valence-electron chi connectivity index (χ2n) is 7.52. The number of fused-ring (bicyclic) bond motifs is 1. The van der Waals surface area contributed by atoms with Gasteiger partial charge in [0.1, 0.15) is 5.58 Å². The van der Waals surface area contributed by atoms with Crippen molar-refractivity contribution in [2.75, 3.05) is 24.6 Å². The van der Waals surface area contributed by atoms with Gasteiger partial charge in [0.25, 0.3) is 5.89 Å². The van der Waals surface area contributed by atoms with Gasteiger partial charge in [-0.3, -0.25) is 0 Å². The summed E-state index contributed by atoms with van der Waals surface area (Å²) >= 11 is 1.77. The van der Waals surface area contributed by atoms with Gasteiger partial charge in [-0.1, -0.05) is 28.9 Å². The Bertz CT molecular complexity index is 1370. The molecule has 31 heavy (non-hydrogen) atoms. The van der Waals surface area contributed by atoms with Gasteiger partial charge < -0.3 is 8.94 Å². The van der Waals surface area contributed by atoms with E-state index in [-0.39, 0.29) is 10.8 Å². The number of aromatic nitrogens is 2. The van der Waals surface area contributed by atoms with Crippen LogP contribution in [0.3, 0.4) is 0 Å². The summed E-state index contributed by atoms with van der Waals surface area (Å²) in [6, 6.07) is 12.8. The molecule has 3 heterocycles. The first-order chi connectivity index (χ1) is 14.9. The fraction of sp³-hybridized carbons (Fsp3) is 0.273. The van der Waals surface area contributed by atoms with Gasteiger partial charge in [-0.25, -0.2) is 8.42 Å². The molecule has 0 amide bonds. The van der Waals surface area contributed by atoms with E-state index in [1.165, 1.54) is 0 Å². The molecule has 0 saturated carbocycles. The summed E-state index contributed by atoms with van der Waals surface area (Å²) in [5.74, 6) is 2.82. The highest BCUT2D eigenvalue weighted by molar-refractivity contribution is 7.99. The normalized spacial score (nSPS) is 15.5. The lowest BCUT2D eigenvalue weighted by molar-refractivity contribution is 0.419. The fourth-order valence-electron chi connectivity index (χ4n) is 3.72. The maximum Gasteiger partial charge on any atom is 0.294 e. The van der Waals surface area contributed by atoms with Crippen LogP contribution in [0.25, 0.3) is 34.0 Å². The lowest BCUT2D eigenvalue weighted by Crippen LogP contribution is -2.37. The number of furan rings is 1. The number of rotatable bonds is 4. The lowest BCUT2D eigenvalue weighted by Gasteiger charge is -2.25. The number of sulfonamides is 1. The third-order valence-electron chi connectivity index (χ3n) is 5.41. The average Bonchev–Trinajstić information content (AvgIpc) is 3.39. The van der Waals surface area contributed by atoms with Gasteiger partial charge in [0.15, 0.2) is 5.76 Å². The van der Waals surface area contributed by atoms with Crippen LogP contribution in [-0.2, 0) is 10.0 Å². The van der Waals surface area contributed by atoms with E-state index < -0.39 is 10.0 Å². The highest BCUT2D eigenvalue weighted by Gasteiger charge is 2.27. The Hall–Kier alpha value is -2.62. The monoisotopic (exact) mass is 455 g/mol. The molecule has 160 valence electrons. The van der Waals surface area contributed by atoms with Gasteiger partial charge in [0.2, 0.25) is 15.8 Å². The van der Waals surface area contributed by atoms with E-state index >= 15 is 0 Å².